The Morgan fingerprint density at radius 2 is 1.30 bits per heavy atom. The number of hydrogen-bond donors (Lipinski definition) is 2. The summed E-state index contributed by atoms with van der Waals surface area (Å²) < 4.78 is 0. The highest BCUT2D eigenvalue weighted by Gasteiger charge is 2.05. The van der Waals surface area contributed by atoms with Crippen LogP contribution in [0.15, 0.2) is 59.3 Å². The summed E-state index contributed by atoms with van der Waals surface area (Å²) in [6, 6.07) is 7.31. The maximum Gasteiger partial charge on any atom is 0.240 e. The summed E-state index contributed by atoms with van der Waals surface area (Å²) in [6.45, 7) is 3.57. The van der Waals surface area contributed by atoms with Crippen molar-refractivity contribution in [2.24, 2.45) is 10.2 Å². The lowest BCUT2D eigenvalue weighted by Gasteiger charge is -2.04. The number of carbonyl (C=O) groups excluding carboxylic acids is 2. The second-order valence-electron chi connectivity index (χ2n) is 5.80. The molecular weight excluding hydrogens is 344 g/mol. The van der Waals surface area contributed by atoms with Crippen molar-refractivity contribution in [3.63, 3.8) is 0 Å². The summed E-state index contributed by atoms with van der Waals surface area (Å²) in [4.78, 5) is 31.6. The standard InChI is InChI=1S/C19H22N6O2/c1-14(16-6-4-10-20-12-16)22-24-18(26)8-3-9-19(27)25-23-15(2)17-7-5-11-21-13-17/h4-7,10-13H,3,8-9H2,1-2H3,(H,24,26)(H,25,27)/b22-14-,23-15-. The molecular formula is C19H22N6O2. The molecule has 2 heterocycles. The van der Waals surface area contributed by atoms with Crippen molar-refractivity contribution in [3.8, 4) is 0 Å². The summed E-state index contributed by atoms with van der Waals surface area (Å²) in [5.74, 6) is -0.498. The Morgan fingerprint density at radius 3 is 1.67 bits per heavy atom. The van der Waals surface area contributed by atoms with Gasteiger partial charge in [-0.05, 0) is 32.4 Å². The Morgan fingerprint density at radius 1 is 0.852 bits per heavy atom. The van der Waals surface area contributed by atoms with Crippen molar-refractivity contribution < 1.29 is 9.59 Å². The molecule has 0 aliphatic carbocycles. The van der Waals surface area contributed by atoms with Crippen molar-refractivity contribution >= 4 is 23.2 Å². The summed E-state index contributed by atoms with van der Waals surface area (Å²) in [5, 5.41) is 8.07. The molecule has 0 aliphatic heterocycles. The van der Waals surface area contributed by atoms with E-state index in [1.54, 1.807) is 50.8 Å². The SMILES string of the molecule is C/C(=N/NC(=O)CCCC(=O)N/N=C(/C)c1cccnc1)c1cccnc1. The molecule has 0 saturated heterocycles. The van der Waals surface area contributed by atoms with Gasteiger partial charge >= 0.3 is 0 Å². The van der Waals surface area contributed by atoms with Crippen LogP contribution in [0, 0.1) is 0 Å². The van der Waals surface area contributed by atoms with Gasteiger partial charge in [0.05, 0.1) is 11.4 Å². The van der Waals surface area contributed by atoms with E-state index >= 15 is 0 Å². The minimum atomic E-state index is -0.249. The van der Waals surface area contributed by atoms with Crippen LogP contribution < -0.4 is 10.9 Å². The summed E-state index contributed by atoms with van der Waals surface area (Å²) in [5.41, 5.74) is 7.95. The smallest absolute Gasteiger partial charge is 0.240 e. The Hall–Kier alpha value is -3.42. The second kappa shape index (κ2) is 10.5. The van der Waals surface area contributed by atoms with E-state index in [2.05, 4.69) is 31.0 Å². The molecule has 0 saturated carbocycles. The van der Waals surface area contributed by atoms with Crippen molar-refractivity contribution in [3.05, 3.63) is 60.2 Å². The number of nitrogens with one attached hydrogen (secondary N) is 2. The number of rotatable bonds is 8. The monoisotopic (exact) mass is 366 g/mol. The van der Waals surface area contributed by atoms with Crippen LogP contribution >= 0.6 is 0 Å². The molecule has 140 valence electrons. The highest BCUT2D eigenvalue weighted by Crippen LogP contribution is 2.00. The first-order valence-electron chi connectivity index (χ1n) is 8.53. The lowest BCUT2D eigenvalue weighted by Crippen LogP contribution is -2.21. The topological polar surface area (TPSA) is 109 Å². The van der Waals surface area contributed by atoms with Crippen molar-refractivity contribution in [1.82, 2.24) is 20.8 Å². The van der Waals surface area contributed by atoms with E-state index in [0.717, 1.165) is 11.1 Å². The van der Waals surface area contributed by atoms with Gasteiger partial charge in [-0.2, -0.15) is 10.2 Å². The summed E-state index contributed by atoms with van der Waals surface area (Å²) in [7, 11) is 0. The molecule has 2 amide bonds. The van der Waals surface area contributed by atoms with E-state index in [4.69, 9.17) is 0 Å². The molecule has 2 aromatic heterocycles. The number of carbonyl (C=O) groups is 2. The minimum absolute atomic E-state index is 0.197. The molecule has 8 heteroatoms. The van der Waals surface area contributed by atoms with Crippen molar-refractivity contribution in [1.29, 1.82) is 0 Å². The van der Waals surface area contributed by atoms with E-state index in [9.17, 15) is 9.59 Å². The van der Waals surface area contributed by atoms with Gasteiger partial charge in [-0.3, -0.25) is 19.6 Å². The van der Waals surface area contributed by atoms with E-state index in [1.165, 1.54) is 0 Å². The van der Waals surface area contributed by atoms with Gasteiger partial charge in [0.25, 0.3) is 0 Å². The first-order chi connectivity index (χ1) is 13.1. The number of pyridine rings is 2. The number of aromatic nitrogens is 2. The highest BCUT2D eigenvalue weighted by atomic mass is 16.2. The van der Waals surface area contributed by atoms with Crippen LogP contribution in [-0.2, 0) is 9.59 Å². The van der Waals surface area contributed by atoms with Crippen LogP contribution in [0.4, 0.5) is 0 Å². The summed E-state index contributed by atoms with van der Waals surface area (Å²) in [6.07, 6.45) is 7.48. The van der Waals surface area contributed by atoms with E-state index in [-0.39, 0.29) is 24.7 Å². The number of nitrogens with zero attached hydrogens (tertiary/aromatic N) is 4. The molecule has 0 radical (unpaired) electrons. The van der Waals surface area contributed by atoms with Crippen LogP contribution in [-0.4, -0.2) is 33.2 Å². The number of hydrogen-bond acceptors (Lipinski definition) is 6. The van der Waals surface area contributed by atoms with Crippen molar-refractivity contribution in [2.45, 2.75) is 33.1 Å². The average molecular weight is 366 g/mol. The van der Waals surface area contributed by atoms with Gasteiger partial charge in [0.2, 0.25) is 11.8 Å². The van der Waals surface area contributed by atoms with Gasteiger partial charge in [-0.1, -0.05) is 12.1 Å². The fourth-order valence-corrected chi connectivity index (χ4v) is 2.10. The van der Waals surface area contributed by atoms with Crippen molar-refractivity contribution in [2.75, 3.05) is 0 Å². The third-order valence-electron chi connectivity index (χ3n) is 3.66. The predicted octanol–water partition coefficient (Wildman–Crippen LogP) is 2.03. The van der Waals surface area contributed by atoms with Gasteiger partial charge < -0.3 is 0 Å². The predicted molar refractivity (Wildman–Crippen MR) is 103 cm³/mol. The Balaban J connectivity index is 1.69. The van der Waals surface area contributed by atoms with Crippen LogP contribution in [0.5, 0.6) is 0 Å². The quantitative estimate of drug-likeness (QED) is 0.550. The maximum atomic E-state index is 11.8. The van der Waals surface area contributed by atoms with Gasteiger partial charge in [0.1, 0.15) is 0 Å². The van der Waals surface area contributed by atoms with E-state index in [0.29, 0.717) is 17.8 Å². The zero-order chi connectivity index (χ0) is 19.5. The molecule has 0 fully saturated rings. The first kappa shape index (κ1) is 19.9. The zero-order valence-electron chi connectivity index (χ0n) is 15.3. The molecule has 0 unspecified atom stereocenters. The largest absolute Gasteiger partial charge is 0.273 e. The van der Waals surface area contributed by atoms with Gasteiger partial charge in [-0.25, -0.2) is 10.9 Å². The van der Waals surface area contributed by atoms with E-state index < -0.39 is 0 Å². The number of amides is 2. The van der Waals surface area contributed by atoms with Gasteiger partial charge in [0.15, 0.2) is 0 Å². The first-order valence-corrected chi connectivity index (χ1v) is 8.53. The highest BCUT2D eigenvalue weighted by molar-refractivity contribution is 5.99. The molecule has 2 N–H and O–H groups in total. The Kier molecular flexibility index (Phi) is 7.77. The van der Waals surface area contributed by atoms with Crippen LogP contribution in [0.25, 0.3) is 0 Å². The molecule has 2 aromatic rings. The van der Waals surface area contributed by atoms with Gasteiger partial charge in [-0.15, -0.1) is 0 Å². The molecule has 27 heavy (non-hydrogen) atoms. The lowest BCUT2D eigenvalue weighted by molar-refractivity contribution is -0.122. The van der Waals surface area contributed by atoms with E-state index in [1.807, 2.05) is 12.1 Å². The fraction of sp³-hybridized carbons (Fsp3) is 0.263. The molecule has 0 aromatic carbocycles. The minimum Gasteiger partial charge on any atom is -0.273 e. The third-order valence-corrected chi connectivity index (χ3v) is 3.66. The third kappa shape index (κ3) is 7.15. The zero-order valence-corrected chi connectivity index (χ0v) is 15.3. The number of hydrazone groups is 2. The molecule has 0 atom stereocenters. The summed E-state index contributed by atoms with van der Waals surface area (Å²) >= 11 is 0. The van der Waals surface area contributed by atoms with Crippen LogP contribution in [0.2, 0.25) is 0 Å². The molecule has 0 aliphatic rings. The average Bonchev–Trinajstić information content (AvgIpc) is 2.71. The Labute approximate surface area is 157 Å². The molecule has 0 bridgehead atoms. The van der Waals surface area contributed by atoms with Gasteiger partial charge in [0, 0.05) is 48.8 Å². The molecule has 2 rings (SSSR count). The molecule has 8 nitrogen and oxygen atoms in total. The normalized spacial score (nSPS) is 11.8. The Bertz CT molecular complexity index is 749. The lowest BCUT2D eigenvalue weighted by atomic mass is 10.2. The second-order valence-corrected chi connectivity index (χ2v) is 5.80. The van der Waals surface area contributed by atoms with Crippen LogP contribution in [0.3, 0.4) is 0 Å². The van der Waals surface area contributed by atoms with Crippen LogP contribution in [0.1, 0.15) is 44.2 Å². The maximum absolute atomic E-state index is 11.8. The fourth-order valence-electron chi connectivity index (χ4n) is 2.10. The molecule has 0 spiro atoms.